The predicted molar refractivity (Wildman–Crippen MR) is 84.6 cm³/mol. The van der Waals surface area contributed by atoms with Crippen molar-refractivity contribution in [3.8, 4) is 0 Å². The maximum absolute atomic E-state index is 11.8. The fourth-order valence-electron chi connectivity index (χ4n) is 1.99. The molecule has 0 radical (unpaired) electrons. The number of rotatable bonds is 10. The highest BCUT2D eigenvalue weighted by molar-refractivity contribution is 5.78. The molecule has 3 nitrogen and oxygen atoms in total. The monoisotopic (exact) mass is 272 g/mol. The molecule has 3 heteroatoms. The summed E-state index contributed by atoms with van der Waals surface area (Å²) in [5, 5.41) is 2.95. The molecule has 0 bridgehead atoms. The molecule has 0 heterocycles. The van der Waals surface area contributed by atoms with E-state index in [1.165, 1.54) is 5.56 Å². The largest absolute Gasteiger partial charge is 0.355 e. The maximum atomic E-state index is 11.8. The lowest BCUT2D eigenvalue weighted by atomic mass is 10.1. The lowest BCUT2D eigenvalue weighted by Gasteiger charge is -2.17. The molecule has 0 aliphatic heterocycles. The Kier molecular flexibility index (Phi) is 8.08. The highest BCUT2D eigenvalue weighted by Crippen LogP contribution is 2.01. The molecule has 0 saturated heterocycles. The van der Waals surface area contributed by atoms with Crippen LogP contribution in [-0.4, -0.2) is 37.0 Å². The van der Waals surface area contributed by atoms with Crippen molar-refractivity contribution < 1.29 is 4.79 Å². The van der Waals surface area contributed by atoms with Gasteiger partial charge < -0.3 is 5.32 Å². The lowest BCUT2D eigenvalue weighted by Crippen LogP contribution is -2.37. The number of hydrogen-bond donors (Lipinski definition) is 1. The van der Waals surface area contributed by atoms with Gasteiger partial charge in [0.1, 0.15) is 0 Å². The van der Waals surface area contributed by atoms with E-state index in [1.807, 2.05) is 23.1 Å². The minimum atomic E-state index is 0.0572. The summed E-state index contributed by atoms with van der Waals surface area (Å²) in [6.07, 6.45) is 5.54. The highest BCUT2D eigenvalue weighted by Gasteiger charge is 2.07. The molecule has 0 unspecified atom stereocenters. The first kappa shape index (κ1) is 16.2. The maximum Gasteiger partial charge on any atom is 0.234 e. The molecule has 108 valence electrons. The van der Waals surface area contributed by atoms with Crippen molar-refractivity contribution in [3.63, 3.8) is 0 Å². The van der Waals surface area contributed by atoms with Crippen LogP contribution in [0.2, 0.25) is 0 Å². The standard InChI is InChI=1S/C17H24N2O/c1-3-13-19(14-4-2)15-17(20)18-12-8-11-16-9-6-5-7-10-16/h3-7,9-10H,1-2,8,11-15H2,(H,18,20). The van der Waals surface area contributed by atoms with Gasteiger partial charge in [-0.2, -0.15) is 0 Å². The summed E-state index contributed by atoms with van der Waals surface area (Å²) in [5.41, 5.74) is 1.31. The van der Waals surface area contributed by atoms with Crippen molar-refractivity contribution >= 4 is 5.91 Å². The summed E-state index contributed by atoms with van der Waals surface area (Å²) in [4.78, 5) is 13.8. The average Bonchev–Trinajstić information content (AvgIpc) is 2.45. The van der Waals surface area contributed by atoms with E-state index in [-0.39, 0.29) is 5.91 Å². The van der Waals surface area contributed by atoms with E-state index in [9.17, 15) is 4.79 Å². The van der Waals surface area contributed by atoms with Crippen molar-refractivity contribution in [3.05, 3.63) is 61.2 Å². The predicted octanol–water partition coefficient (Wildman–Crippen LogP) is 2.41. The SMILES string of the molecule is C=CCN(CC=C)CC(=O)NCCCc1ccccc1. The van der Waals surface area contributed by atoms with Crippen molar-refractivity contribution in [2.75, 3.05) is 26.2 Å². The van der Waals surface area contributed by atoms with Gasteiger partial charge in [-0.25, -0.2) is 0 Å². The molecule has 20 heavy (non-hydrogen) atoms. The van der Waals surface area contributed by atoms with Gasteiger partial charge >= 0.3 is 0 Å². The molecule has 0 aliphatic carbocycles. The van der Waals surface area contributed by atoms with Crippen LogP contribution in [0.15, 0.2) is 55.6 Å². The van der Waals surface area contributed by atoms with Gasteiger partial charge in [-0.05, 0) is 18.4 Å². The van der Waals surface area contributed by atoms with Gasteiger partial charge in [0.2, 0.25) is 5.91 Å². The van der Waals surface area contributed by atoms with Gasteiger partial charge in [0, 0.05) is 19.6 Å². The van der Waals surface area contributed by atoms with Crippen LogP contribution in [-0.2, 0) is 11.2 Å². The van der Waals surface area contributed by atoms with Crippen molar-refractivity contribution in [1.82, 2.24) is 10.2 Å². The fourth-order valence-corrected chi connectivity index (χ4v) is 1.99. The normalized spacial score (nSPS) is 10.2. The Morgan fingerprint density at radius 3 is 2.40 bits per heavy atom. The number of nitrogens with one attached hydrogen (secondary N) is 1. The van der Waals surface area contributed by atoms with Gasteiger partial charge in [-0.1, -0.05) is 42.5 Å². The molecule has 0 atom stereocenters. The van der Waals surface area contributed by atoms with Crippen LogP contribution in [0.1, 0.15) is 12.0 Å². The smallest absolute Gasteiger partial charge is 0.234 e. The zero-order valence-corrected chi connectivity index (χ0v) is 12.1. The molecule has 0 aromatic heterocycles. The summed E-state index contributed by atoms with van der Waals surface area (Å²) < 4.78 is 0. The minimum Gasteiger partial charge on any atom is -0.355 e. The molecule has 0 fully saturated rings. The van der Waals surface area contributed by atoms with Crippen LogP contribution in [0.4, 0.5) is 0 Å². The van der Waals surface area contributed by atoms with Crippen LogP contribution >= 0.6 is 0 Å². The third kappa shape index (κ3) is 6.90. The summed E-state index contributed by atoms with van der Waals surface area (Å²) in [5.74, 6) is 0.0572. The molecular weight excluding hydrogens is 248 g/mol. The van der Waals surface area contributed by atoms with Gasteiger partial charge in [0.05, 0.1) is 6.54 Å². The minimum absolute atomic E-state index is 0.0572. The summed E-state index contributed by atoms with van der Waals surface area (Å²) in [6.45, 7) is 9.88. The van der Waals surface area contributed by atoms with Crippen LogP contribution in [0.25, 0.3) is 0 Å². The van der Waals surface area contributed by atoms with Crippen LogP contribution in [0.3, 0.4) is 0 Å². The number of hydrogen-bond acceptors (Lipinski definition) is 2. The van der Waals surface area contributed by atoms with Crippen LogP contribution < -0.4 is 5.32 Å². The first-order valence-electron chi connectivity index (χ1n) is 7.01. The molecule has 0 aliphatic rings. The van der Waals surface area contributed by atoms with E-state index in [2.05, 4.69) is 30.6 Å². The molecule has 1 rings (SSSR count). The summed E-state index contributed by atoms with van der Waals surface area (Å²) in [6, 6.07) is 10.3. The van der Waals surface area contributed by atoms with E-state index < -0.39 is 0 Å². The van der Waals surface area contributed by atoms with E-state index in [0.29, 0.717) is 26.2 Å². The van der Waals surface area contributed by atoms with E-state index in [0.717, 1.165) is 12.8 Å². The molecule has 0 saturated carbocycles. The zero-order valence-electron chi connectivity index (χ0n) is 12.1. The number of benzene rings is 1. The van der Waals surface area contributed by atoms with Crippen LogP contribution in [0.5, 0.6) is 0 Å². The fraction of sp³-hybridized carbons (Fsp3) is 0.353. The summed E-state index contributed by atoms with van der Waals surface area (Å²) >= 11 is 0. The Hall–Kier alpha value is -1.87. The number of aryl methyl sites for hydroxylation is 1. The quantitative estimate of drug-likeness (QED) is 0.524. The molecule has 1 N–H and O–H groups in total. The average molecular weight is 272 g/mol. The highest BCUT2D eigenvalue weighted by atomic mass is 16.2. The number of carbonyl (C=O) groups excluding carboxylic acids is 1. The molecule has 1 aromatic carbocycles. The Morgan fingerprint density at radius 1 is 1.15 bits per heavy atom. The summed E-state index contributed by atoms with van der Waals surface area (Å²) in [7, 11) is 0. The molecular formula is C17H24N2O. The Labute approximate surface area is 122 Å². The van der Waals surface area contributed by atoms with Gasteiger partial charge in [0.15, 0.2) is 0 Å². The zero-order chi connectivity index (χ0) is 14.6. The molecule has 1 amide bonds. The second-order valence-electron chi connectivity index (χ2n) is 4.71. The number of amides is 1. The third-order valence-electron chi connectivity index (χ3n) is 2.95. The Balaban J connectivity index is 2.18. The third-order valence-corrected chi connectivity index (χ3v) is 2.95. The van der Waals surface area contributed by atoms with E-state index in [4.69, 9.17) is 0 Å². The topological polar surface area (TPSA) is 32.3 Å². The molecule has 0 spiro atoms. The Morgan fingerprint density at radius 2 is 1.80 bits per heavy atom. The van der Waals surface area contributed by atoms with Crippen LogP contribution in [0, 0.1) is 0 Å². The van der Waals surface area contributed by atoms with Gasteiger partial charge in [-0.3, -0.25) is 9.69 Å². The van der Waals surface area contributed by atoms with Crippen molar-refractivity contribution in [2.24, 2.45) is 0 Å². The second-order valence-corrected chi connectivity index (χ2v) is 4.71. The first-order valence-corrected chi connectivity index (χ1v) is 7.01. The van der Waals surface area contributed by atoms with Crippen molar-refractivity contribution in [2.45, 2.75) is 12.8 Å². The molecule has 1 aromatic rings. The van der Waals surface area contributed by atoms with E-state index in [1.54, 1.807) is 12.2 Å². The van der Waals surface area contributed by atoms with Gasteiger partial charge in [-0.15, -0.1) is 13.2 Å². The number of carbonyl (C=O) groups is 1. The van der Waals surface area contributed by atoms with E-state index >= 15 is 0 Å². The lowest BCUT2D eigenvalue weighted by molar-refractivity contribution is -0.122. The number of nitrogens with zero attached hydrogens (tertiary/aromatic N) is 1. The second kappa shape index (κ2) is 9.98. The van der Waals surface area contributed by atoms with Crippen molar-refractivity contribution in [1.29, 1.82) is 0 Å². The van der Waals surface area contributed by atoms with Gasteiger partial charge in [0.25, 0.3) is 0 Å². The Bertz CT molecular complexity index is 404. The first-order chi connectivity index (χ1) is 9.76.